The smallest absolute Gasteiger partial charge is 0.408 e. The summed E-state index contributed by atoms with van der Waals surface area (Å²) in [4.78, 5) is 33.8. The van der Waals surface area contributed by atoms with E-state index in [9.17, 15) is 22.8 Å². The Labute approximate surface area is 212 Å². The van der Waals surface area contributed by atoms with E-state index in [0.717, 1.165) is 29.9 Å². The maximum atomic E-state index is 14.0. The fraction of sp³-hybridized carbons (Fsp3) is 0.519. The molecule has 2 aliphatic heterocycles. The lowest BCUT2D eigenvalue weighted by atomic mass is 9.77. The van der Waals surface area contributed by atoms with Gasteiger partial charge in [-0.25, -0.2) is 4.79 Å². The summed E-state index contributed by atoms with van der Waals surface area (Å²) in [5.74, 6) is -0.105. The first kappa shape index (κ1) is 25.5. The van der Waals surface area contributed by atoms with Crippen molar-refractivity contribution in [1.29, 1.82) is 0 Å². The predicted molar refractivity (Wildman–Crippen MR) is 132 cm³/mol. The van der Waals surface area contributed by atoms with E-state index < -0.39 is 22.9 Å². The van der Waals surface area contributed by atoms with Crippen LogP contribution in [-0.2, 0) is 37.5 Å². The highest BCUT2D eigenvalue weighted by molar-refractivity contribution is 5.83. The molecule has 0 N–H and O–H groups in total. The number of carbonyl (C=O) groups excluding carboxylic acids is 1. The number of amides is 1. The number of carbonyl (C=O) groups is 1. The molecule has 3 aromatic rings. The average molecular weight is 517 g/mol. The molecule has 2 aliphatic rings. The lowest BCUT2D eigenvalue weighted by Gasteiger charge is -2.38. The third kappa shape index (κ3) is 4.91. The van der Waals surface area contributed by atoms with Crippen molar-refractivity contribution in [3.63, 3.8) is 0 Å². The minimum absolute atomic E-state index is 0.0134. The SMILES string of the molecule is CC(C)CC1(C(=O)N2CCc3ncc(C(F)(F)F)cc3C2)CCN(Cc2ccc3oc(=O)n(C)c3c2)C1. The number of benzene rings is 1. The van der Waals surface area contributed by atoms with Gasteiger partial charge in [-0.2, -0.15) is 13.2 Å². The second kappa shape index (κ2) is 9.31. The van der Waals surface area contributed by atoms with Crippen LogP contribution in [0, 0.1) is 11.3 Å². The first-order valence-electron chi connectivity index (χ1n) is 12.6. The van der Waals surface area contributed by atoms with Crippen molar-refractivity contribution < 1.29 is 22.4 Å². The molecular weight excluding hydrogens is 485 g/mol. The Bertz CT molecular complexity index is 1390. The van der Waals surface area contributed by atoms with Crippen LogP contribution in [0.15, 0.2) is 39.7 Å². The van der Waals surface area contributed by atoms with Gasteiger partial charge in [-0.1, -0.05) is 19.9 Å². The number of nitrogens with zero attached hydrogens (tertiary/aromatic N) is 4. The lowest BCUT2D eigenvalue weighted by molar-refractivity contribution is -0.143. The number of fused-ring (bicyclic) bond motifs is 2. The lowest BCUT2D eigenvalue weighted by Crippen LogP contribution is -2.48. The maximum Gasteiger partial charge on any atom is 0.419 e. The van der Waals surface area contributed by atoms with E-state index in [2.05, 4.69) is 23.7 Å². The number of hydrogen-bond acceptors (Lipinski definition) is 5. The summed E-state index contributed by atoms with van der Waals surface area (Å²) in [6.07, 6.45) is -1.73. The molecule has 1 atom stereocenters. The normalized spacial score (nSPS) is 20.7. The molecule has 1 unspecified atom stereocenters. The fourth-order valence-electron chi connectivity index (χ4n) is 5.92. The largest absolute Gasteiger partial charge is 0.419 e. The quantitative estimate of drug-likeness (QED) is 0.504. The minimum Gasteiger partial charge on any atom is -0.408 e. The highest BCUT2D eigenvalue weighted by Crippen LogP contribution is 2.40. The highest BCUT2D eigenvalue weighted by atomic mass is 19.4. The first-order chi connectivity index (χ1) is 17.4. The number of pyridine rings is 1. The zero-order valence-electron chi connectivity index (χ0n) is 21.3. The van der Waals surface area contributed by atoms with Gasteiger partial charge < -0.3 is 9.32 Å². The van der Waals surface area contributed by atoms with Crippen molar-refractivity contribution >= 4 is 17.0 Å². The van der Waals surface area contributed by atoms with Crippen LogP contribution in [0.1, 0.15) is 49.1 Å². The molecule has 0 saturated carbocycles. The summed E-state index contributed by atoms with van der Waals surface area (Å²) < 4.78 is 46.4. The van der Waals surface area contributed by atoms with Crippen LogP contribution < -0.4 is 5.76 Å². The molecule has 0 spiro atoms. The molecule has 4 heterocycles. The van der Waals surface area contributed by atoms with Crippen LogP contribution in [0.25, 0.3) is 11.1 Å². The Balaban J connectivity index is 1.35. The number of oxazole rings is 1. The van der Waals surface area contributed by atoms with E-state index in [0.29, 0.717) is 55.7 Å². The minimum atomic E-state index is -4.47. The Morgan fingerprint density at radius 1 is 1.22 bits per heavy atom. The molecule has 2 aromatic heterocycles. The van der Waals surface area contributed by atoms with Gasteiger partial charge in [0.15, 0.2) is 5.58 Å². The number of rotatable bonds is 5. The van der Waals surface area contributed by atoms with Crippen LogP contribution >= 0.6 is 0 Å². The van der Waals surface area contributed by atoms with Crippen LogP contribution in [-0.4, -0.2) is 44.9 Å². The molecule has 37 heavy (non-hydrogen) atoms. The van der Waals surface area contributed by atoms with Gasteiger partial charge >= 0.3 is 11.9 Å². The molecule has 198 valence electrons. The van der Waals surface area contributed by atoms with Crippen molar-refractivity contribution in [2.75, 3.05) is 19.6 Å². The van der Waals surface area contributed by atoms with E-state index in [1.165, 1.54) is 4.57 Å². The molecule has 1 amide bonds. The number of alkyl halides is 3. The van der Waals surface area contributed by atoms with Gasteiger partial charge in [-0.3, -0.25) is 19.2 Å². The molecule has 0 aliphatic carbocycles. The predicted octanol–water partition coefficient (Wildman–Crippen LogP) is 4.37. The number of halogens is 3. The summed E-state index contributed by atoms with van der Waals surface area (Å²) in [6.45, 7) is 6.74. The van der Waals surface area contributed by atoms with E-state index in [1.54, 1.807) is 18.0 Å². The van der Waals surface area contributed by atoms with Crippen LogP contribution in [0.3, 0.4) is 0 Å². The molecule has 7 nitrogen and oxygen atoms in total. The number of likely N-dealkylation sites (tertiary alicyclic amines) is 1. The zero-order valence-corrected chi connectivity index (χ0v) is 21.3. The van der Waals surface area contributed by atoms with Crippen molar-refractivity contribution in [2.45, 2.75) is 52.4 Å². The Kier molecular flexibility index (Phi) is 6.42. The second-order valence-corrected chi connectivity index (χ2v) is 10.9. The monoisotopic (exact) mass is 516 g/mol. The first-order valence-corrected chi connectivity index (χ1v) is 12.6. The molecule has 0 radical (unpaired) electrons. The van der Waals surface area contributed by atoms with Gasteiger partial charge in [0.2, 0.25) is 5.91 Å². The van der Waals surface area contributed by atoms with Gasteiger partial charge in [-0.15, -0.1) is 0 Å². The summed E-state index contributed by atoms with van der Waals surface area (Å²) in [7, 11) is 1.67. The third-order valence-corrected chi connectivity index (χ3v) is 7.60. The van der Waals surface area contributed by atoms with E-state index in [-0.39, 0.29) is 18.4 Å². The van der Waals surface area contributed by atoms with Crippen molar-refractivity contribution in [1.82, 2.24) is 19.4 Å². The van der Waals surface area contributed by atoms with Gasteiger partial charge in [-0.05, 0) is 54.6 Å². The third-order valence-electron chi connectivity index (χ3n) is 7.60. The van der Waals surface area contributed by atoms with Crippen molar-refractivity contribution in [3.05, 3.63) is 63.4 Å². The summed E-state index contributed by atoms with van der Waals surface area (Å²) in [5.41, 5.74) is 2.02. The van der Waals surface area contributed by atoms with Crippen LogP contribution in [0.2, 0.25) is 0 Å². The van der Waals surface area contributed by atoms with Crippen LogP contribution in [0.4, 0.5) is 13.2 Å². The summed E-state index contributed by atoms with van der Waals surface area (Å²) in [6, 6.07) is 6.81. The Hall–Kier alpha value is -3.14. The van der Waals surface area contributed by atoms with Gasteiger partial charge in [0.05, 0.1) is 16.5 Å². The van der Waals surface area contributed by atoms with Gasteiger partial charge in [0.25, 0.3) is 0 Å². The Morgan fingerprint density at radius 3 is 2.73 bits per heavy atom. The van der Waals surface area contributed by atoms with Crippen molar-refractivity contribution in [3.8, 4) is 0 Å². The number of aryl methyl sites for hydroxylation is 1. The molecule has 1 aromatic carbocycles. The number of hydrogen-bond donors (Lipinski definition) is 0. The molecule has 0 bridgehead atoms. The van der Waals surface area contributed by atoms with Gasteiger partial charge in [0, 0.05) is 51.5 Å². The molecule has 5 rings (SSSR count). The molecule has 1 fully saturated rings. The second-order valence-electron chi connectivity index (χ2n) is 10.9. The zero-order chi connectivity index (χ0) is 26.5. The van der Waals surface area contributed by atoms with Gasteiger partial charge in [0.1, 0.15) is 0 Å². The number of aromatic nitrogens is 2. The van der Waals surface area contributed by atoms with Crippen molar-refractivity contribution in [2.24, 2.45) is 18.4 Å². The molecular formula is C27H31F3N4O3. The van der Waals surface area contributed by atoms with E-state index >= 15 is 0 Å². The summed E-state index contributed by atoms with van der Waals surface area (Å²) >= 11 is 0. The summed E-state index contributed by atoms with van der Waals surface area (Å²) in [5, 5.41) is 0. The topological polar surface area (TPSA) is 71.6 Å². The fourth-order valence-corrected chi connectivity index (χ4v) is 5.92. The maximum absolute atomic E-state index is 14.0. The standard InChI is InChI=1S/C27H31F3N4O3/c1-17(2)12-26(24(35)34-8-6-21-19(15-34)11-20(13-31-21)27(28,29)30)7-9-33(16-26)14-18-4-5-23-22(10-18)32(3)25(36)37-23/h4-5,10-11,13,17H,6-9,12,14-16H2,1-3H3. The highest BCUT2D eigenvalue weighted by Gasteiger charge is 2.47. The van der Waals surface area contributed by atoms with E-state index in [1.807, 2.05) is 12.1 Å². The Morgan fingerprint density at radius 2 is 2.00 bits per heavy atom. The van der Waals surface area contributed by atoms with Crippen LogP contribution in [0.5, 0.6) is 0 Å². The molecule has 10 heteroatoms. The average Bonchev–Trinajstić information content (AvgIpc) is 3.37. The van der Waals surface area contributed by atoms with E-state index in [4.69, 9.17) is 4.42 Å². The molecule has 1 saturated heterocycles.